The van der Waals surface area contributed by atoms with Gasteiger partial charge in [0.05, 0.1) is 5.60 Å². The van der Waals surface area contributed by atoms with Crippen molar-refractivity contribution in [2.45, 2.75) is 163 Å². The average Bonchev–Trinajstić information content (AvgIpc) is 3.12. The van der Waals surface area contributed by atoms with Crippen molar-refractivity contribution in [3.8, 4) is 0 Å². The lowest BCUT2D eigenvalue weighted by atomic mass is 9.53. The second kappa shape index (κ2) is 12.3. The zero-order chi connectivity index (χ0) is 27.6. The number of aliphatic hydroxyl groups is 1. The van der Waals surface area contributed by atoms with E-state index in [-0.39, 0.29) is 0 Å². The molecule has 0 spiro atoms. The van der Waals surface area contributed by atoms with Crippen LogP contribution in [0, 0.1) is 46.8 Å². The molecule has 0 aromatic carbocycles. The van der Waals surface area contributed by atoms with E-state index >= 15 is 0 Å². The van der Waals surface area contributed by atoms with E-state index < -0.39 is 13.9 Å². The molecule has 37 heavy (non-hydrogen) atoms. The molecule has 0 radical (unpaired) electrons. The number of fused-ring (bicyclic) bond motifs is 3. The summed E-state index contributed by atoms with van der Waals surface area (Å²) in [6, 6.07) is 0. The molecule has 3 heteroatoms. The van der Waals surface area contributed by atoms with Gasteiger partial charge in [0.15, 0.2) is 8.32 Å². The van der Waals surface area contributed by atoms with Gasteiger partial charge < -0.3 is 9.53 Å². The van der Waals surface area contributed by atoms with Crippen LogP contribution in [0.4, 0.5) is 0 Å². The van der Waals surface area contributed by atoms with Crippen LogP contribution in [0.5, 0.6) is 0 Å². The van der Waals surface area contributed by atoms with Crippen LogP contribution in [0.3, 0.4) is 0 Å². The van der Waals surface area contributed by atoms with Gasteiger partial charge in [0.2, 0.25) is 0 Å². The Morgan fingerprint density at radius 2 is 1.59 bits per heavy atom. The molecule has 0 bridgehead atoms. The van der Waals surface area contributed by atoms with Gasteiger partial charge in [-0.25, -0.2) is 0 Å². The molecule has 218 valence electrons. The SMILES string of the molecule is CC1CCC(CC(C)(C)O)CCCCC2[C@@H]1CCC1(C)[C@@H]([C@H](C)CCCO[Si](C)(C)C(C)(C)C)CC[C@@H]21. The summed E-state index contributed by atoms with van der Waals surface area (Å²) in [5, 5.41) is 10.8. The minimum atomic E-state index is -1.62. The third-order valence-corrected chi connectivity index (χ3v) is 16.8. The summed E-state index contributed by atoms with van der Waals surface area (Å²) in [5.74, 6) is 6.15. The van der Waals surface area contributed by atoms with Gasteiger partial charge >= 0.3 is 0 Å². The predicted molar refractivity (Wildman–Crippen MR) is 163 cm³/mol. The summed E-state index contributed by atoms with van der Waals surface area (Å²) in [6.45, 7) is 24.7. The maximum absolute atomic E-state index is 10.4. The fourth-order valence-corrected chi connectivity index (χ4v) is 10.2. The molecule has 4 unspecified atom stereocenters. The second-order valence-corrected chi connectivity index (χ2v) is 21.4. The smallest absolute Gasteiger partial charge is 0.191 e. The van der Waals surface area contributed by atoms with Gasteiger partial charge in [-0.05, 0) is 130 Å². The molecule has 8 atom stereocenters. The normalized spacial score (nSPS) is 37.1. The number of rotatable bonds is 8. The summed E-state index contributed by atoms with van der Waals surface area (Å²) in [4.78, 5) is 0. The van der Waals surface area contributed by atoms with Crippen molar-refractivity contribution in [2.24, 2.45) is 46.8 Å². The van der Waals surface area contributed by atoms with Crippen LogP contribution in [-0.2, 0) is 4.43 Å². The molecule has 0 aliphatic heterocycles. The zero-order valence-electron chi connectivity index (χ0n) is 26.8. The van der Waals surface area contributed by atoms with Crippen molar-refractivity contribution in [2.75, 3.05) is 6.61 Å². The Morgan fingerprint density at radius 3 is 2.24 bits per heavy atom. The molecule has 3 aliphatic rings. The summed E-state index contributed by atoms with van der Waals surface area (Å²) in [5.41, 5.74) is 0.0494. The van der Waals surface area contributed by atoms with Crippen LogP contribution < -0.4 is 0 Å². The third-order valence-electron chi connectivity index (χ3n) is 12.3. The molecule has 3 aliphatic carbocycles. The van der Waals surface area contributed by atoms with Gasteiger partial charge in [-0.1, -0.05) is 73.6 Å². The van der Waals surface area contributed by atoms with E-state index in [0.717, 1.165) is 48.5 Å². The van der Waals surface area contributed by atoms with E-state index in [4.69, 9.17) is 4.43 Å². The molecule has 3 saturated carbocycles. The quantitative estimate of drug-likeness (QED) is 0.248. The lowest BCUT2D eigenvalue weighted by Crippen LogP contribution is -2.44. The summed E-state index contributed by atoms with van der Waals surface area (Å²) < 4.78 is 6.53. The van der Waals surface area contributed by atoms with Crippen LogP contribution >= 0.6 is 0 Å². The molecule has 0 heterocycles. The maximum Gasteiger partial charge on any atom is 0.191 e. The van der Waals surface area contributed by atoms with Crippen molar-refractivity contribution in [3.05, 3.63) is 0 Å². The topological polar surface area (TPSA) is 29.5 Å². The van der Waals surface area contributed by atoms with Crippen molar-refractivity contribution in [3.63, 3.8) is 0 Å². The van der Waals surface area contributed by atoms with Crippen LogP contribution in [0.2, 0.25) is 18.1 Å². The first-order valence-corrected chi connectivity index (χ1v) is 19.3. The van der Waals surface area contributed by atoms with Gasteiger partial charge in [-0.3, -0.25) is 0 Å². The minimum Gasteiger partial charge on any atom is -0.417 e. The number of hydrogen-bond acceptors (Lipinski definition) is 2. The Labute approximate surface area is 233 Å². The first-order valence-electron chi connectivity index (χ1n) is 16.4. The largest absolute Gasteiger partial charge is 0.417 e. The van der Waals surface area contributed by atoms with Crippen LogP contribution in [0.1, 0.15) is 139 Å². The highest BCUT2D eigenvalue weighted by molar-refractivity contribution is 6.74. The fourth-order valence-electron chi connectivity index (χ4n) is 9.14. The molecule has 1 N–H and O–H groups in total. The van der Waals surface area contributed by atoms with Crippen molar-refractivity contribution in [1.82, 2.24) is 0 Å². The highest BCUT2D eigenvalue weighted by atomic mass is 28.4. The summed E-state index contributed by atoms with van der Waals surface area (Å²) >= 11 is 0. The molecular formula is C34H66O2Si. The van der Waals surface area contributed by atoms with Gasteiger partial charge in [-0.15, -0.1) is 0 Å². The van der Waals surface area contributed by atoms with Crippen molar-refractivity contribution in [1.29, 1.82) is 0 Å². The predicted octanol–water partition coefficient (Wildman–Crippen LogP) is 10.3. The van der Waals surface area contributed by atoms with Gasteiger partial charge in [0, 0.05) is 6.61 Å². The molecular weight excluding hydrogens is 468 g/mol. The standard InChI is InChI=1S/C34H66O2Si/c1-25-17-18-27(24-33(6,7)35)15-11-12-16-29-28(25)21-22-34(8)30(19-20-31(29)34)26(2)14-13-23-36-37(9,10)32(3,4)5/h25-31,35H,11-24H2,1-10H3/t25?,26-,27?,28-,29?,30-,31+,34?/m1/s1. The van der Waals surface area contributed by atoms with Crippen molar-refractivity contribution < 1.29 is 9.53 Å². The average molecular weight is 535 g/mol. The van der Waals surface area contributed by atoms with Crippen molar-refractivity contribution >= 4 is 8.32 Å². The molecule has 3 rings (SSSR count). The van der Waals surface area contributed by atoms with E-state index in [1.807, 2.05) is 13.8 Å². The Hall–Kier alpha value is 0.137. The molecule has 0 aromatic rings. The molecule has 0 saturated heterocycles. The van der Waals surface area contributed by atoms with E-state index in [1.54, 1.807) is 0 Å². The lowest BCUT2D eigenvalue weighted by molar-refractivity contribution is -0.0293. The van der Waals surface area contributed by atoms with Crippen LogP contribution in [0.25, 0.3) is 0 Å². The highest BCUT2D eigenvalue weighted by Gasteiger charge is 2.55. The van der Waals surface area contributed by atoms with Crippen LogP contribution in [0.15, 0.2) is 0 Å². The maximum atomic E-state index is 10.4. The minimum absolute atomic E-state index is 0.312. The Bertz CT molecular complexity index is 704. The molecule has 2 nitrogen and oxygen atoms in total. The second-order valence-electron chi connectivity index (χ2n) is 16.6. The monoisotopic (exact) mass is 534 g/mol. The van der Waals surface area contributed by atoms with Gasteiger partial charge in [0.25, 0.3) is 0 Å². The molecule has 0 aromatic heterocycles. The van der Waals surface area contributed by atoms with E-state index in [2.05, 4.69) is 54.6 Å². The first-order chi connectivity index (χ1) is 17.1. The van der Waals surface area contributed by atoms with Crippen LogP contribution in [-0.4, -0.2) is 25.6 Å². The first kappa shape index (κ1) is 31.7. The fraction of sp³-hybridized carbons (Fsp3) is 1.00. The van der Waals surface area contributed by atoms with Gasteiger partial charge in [0.1, 0.15) is 0 Å². The molecule has 0 amide bonds. The van der Waals surface area contributed by atoms with E-state index in [1.165, 1.54) is 77.0 Å². The molecule has 3 fully saturated rings. The van der Waals surface area contributed by atoms with Gasteiger partial charge in [-0.2, -0.15) is 0 Å². The summed E-state index contributed by atoms with van der Waals surface area (Å²) in [7, 11) is -1.62. The summed E-state index contributed by atoms with van der Waals surface area (Å²) in [6.07, 6.45) is 17.7. The van der Waals surface area contributed by atoms with E-state index in [0.29, 0.717) is 16.4 Å². The Balaban J connectivity index is 1.59. The Morgan fingerprint density at radius 1 is 0.919 bits per heavy atom. The lowest BCUT2D eigenvalue weighted by Gasteiger charge is -2.52. The zero-order valence-corrected chi connectivity index (χ0v) is 27.8. The van der Waals surface area contributed by atoms with E-state index in [9.17, 15) is 5.11 Å². The number of hydrogen-bond donors (Lipinski definition) is 1. The highest BCUT2D eigenvalue weighted by Crippen LogP contribution is 2.63. The third kappa shape index (κ3) is 7.87. The Kier molecular flexibility index (Phi) is 10.6.